The highest BCUT2D eigenvalue weighted by molar-refractivity contribution is 5.53. The summed E-state index contributed by atoms with van der Waals surface area (Å²) in [5.74, 6) is 3.01. The summed E-state index contributed by atoms with van der Waals surface area (Å²) in [5, 5.41) is 0. The summed E-state index contributed by atoms with van der Waals surface area (Å²) < 4.78 is 18.4. The monoisotopic (exact) mass is 371 g/mol. The smallest absolute Gasteiger partial charge is 0.250 e. The number of piperidine rings is 1. The van der Waals surface area contributed by atoms with Crippen LogP contribution in [0.25, 0.3) is 0 Å². The molecule has 2 aromatic rings. The Morgan fingerprint density at radius 2 is 1.81 bits per heavy atom. The van der Waals surface area contributed by atoms with Gasteiger partial charge in [0.25, 0.3) is 5.56 Å². The molecule has 1 fully saturated rings. The number of pyridine rings is 1. The SMILES string of the molecule is COc1cc(C[NH+]2C[C@@H]3C[C@H](C2)c2cccc(=O)n2C3)cc(OC)c1OC. The molecular weight excluding hydrogens is 344 g/mol. The molecule has 0 saturated carbocycles. The second kappa shape index (κ2) is 7.27. The fourth-order valence-electron chi connectivity index (χ4n) is 4.79. The molecule has 3 atom stereocenters. The molecular formula is C21H27N2O4+. The van der Waals surface area contributed by atoms with E-state index in [1.807, 2.05) is 22.8 Å². The number of hydrogen-bond acceptors (Lipinski definition) is 4. The van der Waals surface area contributed by atoms with Gasteiger partial charge in [0.2, 0.25) is 5.75 Å². The van der Waals surface area contributed by atoms with E-state index in [2.05, 4.69) is 6.07 Å². The Bertz CT molecular complexity index is 867. The van der Waals surface area contributed by atoms with Gasteiger partial charge in [0, 0.05) is 35.7 Å². The molecule has 0 spiro atoms. The van der Waals surface area contributed by atoms with E-state index < -0.39 is 0 Å². The zero-order valence-corrected chi connectivity index (χ0v) is 16.2. The summed E-state index contributed by atoms with van der Waals surface area (Å²) in [7, 11) is 4.91. The molecule has 1 unspecified atom stereocenters. The summed E-state index contributed by atoms with van der Waals surface area (Å²) in [6.45, 7) is 3.86. The van der Waals surface area contributed by atoms with Gasteiger partial charge in [-0.2, -0.15) is 0 Å². The predicted molar refractivity (Wildman–Crippen MR) is 102 cm³/mol. The third-order valence-corrected chi connectivity index (χ3v) is 5.85. The van der Waals surface area contributed by atoms with Crippen molar-refractivity contribution in [3.05, 3.63) is 51.9 Å². The Kier molecular flexibility index (Phi) is 4.83. The van der Waals surface area contributed by atoms with E-state index in [0.717, 1.165) is 26.2 Å². The molecule has 2 aliphatic rings. The van der Waals surface area contributed by atoms with Gasteiger partial charge in [-0.3, -0.25) is 4.79 Å². The van der Waals surface area contributed by atoms with Gasteiger partial charge in [0.05, 0.1) is 34.4 Å². The van der Waals surface area contributed by atoms with Crippen LogP contribution in [0, 0.1) is 5.92 Å². The van der Waals surface area contributed by atoms with Gasteiger partial charge in [0.1, 0.15) is 6.54 Å². The largest absolute Gasteiger partial charge is 0.493 e. The lowest BCUT2D eigenvalue weighted by atomic mass is 9.83. The fourth-order valence-corrected chi connectivity index (χ4v) is 4.79. The normalized spacial score (nSPS) is 23.4. The Balaban J connectivity index is 1.58. The van der Waals surface area contributed by atoms with Crippen LogP contribution >= 0.6 is 0 Å². The molecule has 144 valence electrons. The number of quaternary nitrogens is 1. The molecule has 1 aromatic heterocycles. The average Bonchev–Trinajstić information content (AvgIpc) is 2.68. The molecule has 6 heteroatoms. The van der Waals surface area contributed by atoms with Crippen molar-refractivity contribution in [3.8, 4) is 17.2 Å². The first kappa shape index (κ1) is 17.9. The van der Waals surface area contributed by atoms with E-state index in [1.54, 1.807) is 27.4 Å². The first-order valence-corrected chi connectivity index (χ1v) is 9.45. The third kappa shape index (κ3) is 3.30. The second-order valence-electron chi connectivity index (χ2n) is 7.57. The summed E-state index contributed by atoms with van der Waals surface area (Å²) in [4.78, 5) is 13.7. The number of likely N-dealkylation sites (tertiary alicyclic amines) is 1. The number of nitrogens with zero attached hydrogens (tertiary/aromatic N) is 1. The summed E-state index contributed by atoms with van der Waals surface area (Å²) in [6.07, 6.45) is 1.18. The standard InChI is InChI=1S/C21H26N2O4/c1-25-18-8-14(9-19(26-2)21(18)27-3)10-22-11-15-7-16(13-22)17-5-4-6-20(24)23(17)12-15/h4-6,8-9,15-16H,7,10-13H2,1-3H3/p+1/t15-,16+/m0/s1. The first-order valence-electron chi connectivity index (χ1n) is 9.45. The lowest BCUT2D eigenvalue weighted by molar-refractivity contribution is -0.924. The molecule has 27 heavy (non-hydrogen) atoms. The van der Waals surface area contributed by atoms with Crippen LogP contribution in [0.3, 0.4) is 0 Å². The van der Waals surface area contributed by atoms with Crippen molar-refractivity contribution >= 4 is 0 Å². The van der Waals surface area contributed by atoms with Crippen LogP contribution in [0.15, 0.2) is 35.1 Å². The van der Waals surface area contributed by atoms with Gasteiger partial charge in [-0.1, -0.05) is 6.07 Å². The molecule has 2 aliphatic heterocycles. The first-order chi connectivity index (χ1) is 13.1. The predicted octanol–water partition coefficient (Wildman–Crippen LogP) is 1.08. The number of ether oxygens (including phenoxy) is 3. The van der Waals surface area contributed by atoms with E-state index in [4.69, 9.17) is 14.2 Å². The van der Waals surface area contributed by atoms with Crippen LogP contribution in [0.4, 0.5) is 0 Å². The maximum atomic E-state index is 12.2. The van der Waals surface area contributed by atoms with Crippen molar-refractivity contribution < 1.29 is 19.1 Å². The van der Waals surface area contributed by atoms with E-state index in [0.29, 0.717) is 29.1 Å². The van der Waals surface area contributed by atoms with Crippen molar-refractivity contribution in [2.24, 2.45) is 5.92 Å². The zero-order valence-electron chi connectivity index (χ0n) is 16.2. The van der Waals surface area contributed by atoms with Crippen molar-refractivity contribution in [1.82, 2.24) is 4.57 Å². The molecule has 0 aliphatic carbocycles. The Hall–Kier alpha value is -2.47. The molecule has 3 heterocycles. The highest BCUT2D eigenvalue weighted by Crippen LogP contribution is 2.38. The van der Waals surface area contributed by atoms with E-state index in [-0.39, 0.29) is 5.56 Å². The minimum Gasteiger partial charge on any atom is -0.493 e. The summed E-state index contributed by atoms with van der Waals surface area (Å²) in [5.41, 5.74) is 2.50. The number of benzene rings is 1. The van der Waals surface area contributed by atoms with E-state index >= 15 is 0 Å². The molecule has 2 bridgehead atoms. The number of hydrogen-bond donors (Lipinski definition) is 1. The third-order valence-electron chi connectivity index (χ3n) is 5.85. The topological polar surface area (TPSA) is 54.1 Å². The maximum absolute atomic E-state index is 12.2. The van der Waals surface area contributed by atoms with Gasteiger partial charge in [-0.25, -0.2) is 0 Å². The highest BCUT2D eigenvalue weighted by atomic mass is 16.5. The Morgan fingerprint density at radius 1 is 1.07 bits per heavy atom. The van der Waals surface area contributed by atoms with Crippen molar-refractivity contribution in [1.29, 1.82) is 0 Å². The Labute approximate surface area is 159 Å². The Morgan fingerprint density at radius 3 is 2.48 bits per heavy atom. The van der Waals surface area contributed by atoms with Crippen molar-refractivity contribution in [2.45, 2.75) is 25.4 Å². The number of rotatable bonds is 5. The van der Waals surface area contributed by atoms with Gasteiger partial charge < -0.3 is 23.7 Å². The molecule has 0 amide bonds. The van der Waals surface area contributed by atoms with Crippen molar-refractivity contribution in [2.75, 3.05) is 34.4 Å². The quantitative estimate of drug-likeness (QED) is 0.855. The molecule has 1 N–H and O–H groups in total. The van der Waals surface area contributed by atoms with Gasteiger partial charge in [-0.15, -0.1) is 0 Å². The maximum Gasteiger partial charge on any atom is 0.250 e. The molecule has 1 aromatic carbocycles. The highest BCUT2D eigenvalue weighted by Gasteiger charge is 2.37. The molecule has 6 nitrogen and oxygen atoms in total. The van der Waals surface area contributed by atoms with Crippen molar-refractivity contribution in [3.63, 3.8) is 0 Å². The van der Waals surface area contributed by atoms with E-state index in [9.17, 15) is 4.79 Å². The summed E-state index contributed by atoms with van der Waals surface area (Å²) >= 11 is 0. The lowest BCUT2D eigenvalue weighted by Gasteiger charge is -2.40. The van der Waals surface area contributed by atoms with Crippen LogP contribution in [0.2, 0.25) is 0 Å². The number of methoxy groups -OCH3 is 3. The number of nitrogens with one attached hydrogen (secondary N) is 1. The summed E-state index contributed by atoms with van der Waals surface area (Å²) in [6, 6.07) is 9.76. The van der Waals surface area contributed by atoms with Crippen LogP contribution in [0.1, 0.15) is 23.6 Å². The van der Waals surface area contributed by atoms with Gasteiger partial charge >= 0.3 is 0 Å². The van der Waals surface area contributed by atoms with Crippen LogP contribution < -0.4 is 24.7 Å². The van der Waals surface area contributed by atoms with E-state index in [1.165, 1.54) is 22.6 Å². The fraction of sp³-hybridized carbons (Fsp3) is 0.476. The molecule has 0 radical (unpaired) electrons. The second-order valence-corrected chi connectivity index (χ2v) is 7.57. The molecule has 4 rings (SSSR count). The van der Waals surface area contributed by atoms with Crippen LogP contribution in [0.5, 0.6) is 17.2 Å². The number of fused-ring (bicyclic) bond motifs is 4. The minimum atomic E-state index is 0.135. The van der Waals surface area contributed by atoms with Gasteiger partial charge in [0.15, 0.2) is 11.5 Å². The van der Waals surface area contributed by atoms with Gasteiger partial charge in [-0.05, 0) is 24.6 Å². The molecule has 1 saturated heterocycles. The van der Waals surface area contributed by atoms with Crippen LogP contribution in [-0.4, -0.2) is 39.0 Å². The van der Waals surface area contributed by atoms with Crippen LogP contribution in [-0.2, 0) is 13.1 Å². The minimum absolute atomic E-state index is 0.135. The number of aromatic nitrogens is 1. The lowest BCUT2D eigenvalue weighted by Crippen LogP contribution is -3.13. The zero-order chi connectivity index (χ0) is 19.0. The average molecular weight is 371 g/mol.